The first-order chi connectivity index (χ1) is 6.29. The predicted molar refractivity (Wildman–Crippen MR) is 60.4 cm³/mol. The minimum Gasteiger partial charge on any atom is -0.411 e. The summed E-state index contributed by atoms with van der Waals surface area (Å²) in [5, 5.41) is 11.8. The summed E-state index contributed by atoms with van der Waals surface area (Å²) in [6.07, 6.45) is 0.809. The van der Waals surface area contributed by atoms with Crippen molar-refractivity contribution in [2.24, 2.45) is 10.9 Å². The molecule has 0 spiro atoms. The normalized spacial score (nSPS) is 10.9. The second-order valence-corrected chi connectivity index (χ2v) is 2.88. The second-order valence-electron chi connectivity index (χ2n) is 2.88. The maximum absolute atomic E-state index is 8.64. The topological polar surface area (TPSA) is 58.6 Å². The van der Waals surface area contributed by atoms with Gasteiger partial charge >= 0.3 is 0 Å². The Kier molecular flexibility index (Phi) is 5.92. The highest BCUT2D eigenvalue weighted by molar-refractivity contribution is 5.99. The van der Waals surface area contributed by atoms with Crippen molar-refractivity contribution in [3.05, 3.63) is 35.4 Å². The van der Waals surface area contributed by atoms with Crippen LogP contribution in [-0.2, 0) is 6.42 Å². The number of benzene rings is 1. The fourth-order valence-corrected chi connectivity index (χ4v) is 1.30. The Morgan fingerprint density at radius 1 is 1.43 bits per heavy atom. The van der Waals surface area contributed by atoms with E-state index in [1.165, 1.54) is 0 Å². The Labute approximate surface area is 90.0 Å². The van der Waals surface area contributed by atoms with E-state index in [1.54, 1.807) is 6.92 Å². The van der Waals surface area contributed by atoms with Crippen molar-refractivity contribution in [3.63, 3.8) is 0 Å². The third-order valence-electron chi connectivity index (χ3n) is 1.97. The highest BCUT2D eigenvalue weighted by atomic mass is 35.5. The summed E-state index contributed by atoms with van der Waals surface area (Å²) in [6, 6.07) is 7.81. The van der Waals surface area contributed by atoms with E-state index in [1.807, 2.05) is 24.3 Å². The molecule has 1 rings (SSSR count). The fraction of sp³-hybridized carbons (Fsp3) is 0.300. The van der Waals surface area contributed by atoms with Gasteiger partial charge in [-0.15, -0.1) is 12.4 Å². The monoisotopic (exact) mass is 214 g/mol. The molecule has 0 unspecified atom stereocenters. The van der Waals surface area contributed by atoms with Crippen molar-refractivity contribution in [2.45, 2.75) is 13.3 Å². The van der Waals surface area contributed by atoms with Crippen molar-refractivity contribution in [1.82, 2.24) is 0 Å². The van der Waals surface area contributed by atoms with Crippen LogP contribution < -0.4 is 5.73 Å². The zero-order valence-electron chi connectivity index (χ0n) is 8.10. The van der Waals surface area contributed by atoms with E-state index in [2.05, 4.69) is 5.16 Å². The summed E-state index contributed by atoms with van der Waals surface area (Å²) in [5.74, 6) is 0. The average Bonchev–Trinajstić information content (AvgIpc) is 2.18. The maximum Gasteiger partial charge on any atom is 0.0839 e. The number of halogens is 1. The summed E-state index contributed by atoms with van der Waals surface area (Å²) in [5.41, 5.74) is 8.19. The van der Waals surface area contributed by atoms with E-state index >= 15 is 0 Å². The third-order valence-corrected chi connectivity index (χ3v) is 1.97. The van der Waals surface area contributed by atoms with Crippen molar-refractivity contribution in [3.8, 4) is 0 Å². The smallest absolute Gasteiger partial charge is 0.0839 e. The maximum atomic E-state index is 8.64. The van der Waals surface area contributed by atoms with Gasteiger partial charge in [-0.1, -0.05) is 29.4 Å². The van der Waals surface area contributed by atoms with Crippen LogP contribution in [0, 0.1) is 0 Å². The lowest BCUT2D eigenvalue weighted by atomic mass is 10.0. The number of oxime groups is 1. The fourth-order valence-electron chi connectivity index (χ4n) is 1.30. The Morgan fingerprint density at radius 3 is 2.64 bits per heavy atom. The van der Waals surface area contributed by atoms with Crippen LogP contribution in [0.2, 0.25) is 0 Å². The van der Waals surface area contributed by atoms with Gasteiger partial charge in [0, 0.05) is 5.56 Å². The molecular formula is C10H15ClN2O. The molecule has 0 aliphatic carbocycles. The predicted octanol–water partition coefficient (Wildman–Crippen LogP) is 1.81. The van der Waals surface area contributed by atoms with Gasteiger partial charge in [-0.05, 0) is 25.5 Å². The van der Waals surface area contributed by atoms with Crippen LogP contribution in [0.1, 0.15) is 18.1 Å². The molecule has 1 aromatic rings. The quantitative estimate of drug-likeness (QED) is 0.458. The SMILES string of the molecule is CC(=NO)c1ccccc1CCN.Cl. The Bertz CT molecular complexity index is 313. The zero-order valence-corrected chi connectivity index (χ0v) is 8.92. The van der Waals surface area contributed by atoms with Crippen molar-refractivity contribution >= 4 is 18.1 Å². The molecule has 0 radical (unpaired) electrons. The van der Waals surface area contributed by atoms with Gasteiger partial charge in [-0.25, -0.2) is 0 Å². The van der Waals surface area contributed by atoms with E-state index in [0.29, 0.717) is 12.3 Å². The molecule has 0 fully saturated rings. The molecule has 0 saturated heterocycles. The van der Waals surface area contributed by atoms with Crippen LogP contribution in [0.25, 0.3) is 0 Å². The largest absolute Gasteiger partial charge is 0.411 e. The van der Waals surface area contributed by atoms with E-state index in [-0.39, 0.29) is 12.4 Å². The average molecular weight is 215 g/mol. The molecule has 3 nitrogen and oxygen atoms in total. The van der Waals surface area contributed by atoms with E-state index in [4.69, 9.17) is 10.9 Å². The molecule has 1 aromatic carbocycles. The minimum absolute atomic E-state index is 0. The van der Waals surface area contributed by atoms with Gasteiger partial charge in [0.1, 0.15) is 0 Å². The summed E-state index contributed by atoms with van der Waals surface area (Å²) < 4.78 is 0. The Balaban J connectivity index is 0.00000169. The number of nitrogens with two attached hydrogens (primary N) is 1. The lowest BCUT2D eigenvalue weighted by molar-refractivity contribution is 0.319. The van der Waals surface area contributed by atoms with Crippen LogP contribution in [0.3, 0.4) is 0 Å². The van der Waals surface area contributed by atoms with Crippen molar-refractivity contribution in [1.29, 1.82) is 0 Å². The first kappa shape index (κ1) is 12.9. The van der Waals surface area contributed by atoms with Crippen molar-refractivity contribution in [2.75, 3.05) is 6.54 Å². The van der Waals surface area contributed by atoms with Crippen LogP contribution in [0.5, 0.6) is 0 Å². The molecule has 3 N–H and O–H groups in total. The van der Waals surface area contributed by atoms with Crippen LogP contribution in [0.4, 0.5) is 0 Å². The van der Waals surface area contributed by atoms with E-state index in [9.17, 15) is 0 Å². The summed E-state index contributed by atoms with van der Waals surface area (Å²) in [4.78, 5) is 0. The standard InChI is InChI=1S/C10H14N2O.ClH/c1-8(12-13)10-5-3-2-4-9(10)6-7-11;/h2-5,13H,6-7,11H2,1H3;1H. The molecule has 14 heavy (non-hydrogen) atoms. The number of rotatable bonds is 3. The van der Waals surface area contributed by atoms with Gasteiger partial charge in [-0.3, -0.25) is 0 Å². The van der Waals surface area contributed by atoms with Crippen LogP contribution >= 0.6 is 12.4 Å². The molecule has 0 bridgehead atoms. The molecule has 0 aliphatic heterocycles. The van der Waals surface area contributed by atoms with Gasteiger partial charge in [0.25, 0.3) is 0 Å². The number of nitrogens with zero attached hydrogens (tertiary/aromatic N) is 1. The molecule has 0 saturated carbocycles. The summed E-state index contributed by atoms with van der Waals surface area (Å²) >= 11 is 0. The zero-order chi connectivity index (χ0) is 9.68. The van der Waals surface area contributed by atoms with E-state index < -0.39 is 0 Å². The molecule has 0 amide bonds. The van der Waals surface area contributed by atoms with Gasteiger partial charge < -0.3 is 10.9 Å². The molecule has 0 aliphatic rings. The first-order valence-corrected chi connectivity index (χ1v) is 4.26. The van der Waals surface area contributed by atoms with E-state index in [0.717, 1.165) is 17.5 Å². The van der Waals surface area contributed by atoms with Crippen LogP contribution in [0.15, 0.2) is 29.4 Å². The molecular weight excluding hydrogens is 200 g/mol. The van der Waals surface area contributed by atoms with Gasteiger partial charge in [0.2, 0.25) is 0 Å². The molecule has 0 aromatic heterocycles. The first-order valence-electron chi connectivity index (χ1n) is 4.26. The number of hydrogen-bond donors (Lipinski definition) is 2. The highest BCUT2D eigenvalue weighted by Crippen LogP contribution is 2.10. The van der Waals surface area contributed by atoms with Crippen molar-refractivity contribution < 1.29 is 5.21 Å². The second kappa shape index (κ2) is 6.40. The Morgan fingerprint density at radius 2 is 2.07 bits per heavy atom. The van der Waals surface area contributed by atoms with Gasteiger partial charge in [0.05, 0.1) is 5.71 Å². The summed E-state index contributed by atoms with van der Waals surface area (Å²) in [7, 11) is 0. The highest BCUT2D eigenvalue weighted by Gasteiger charge is 2.03. The third kappa shape index (κ3) is 3.01. The molecule has 4 heteroatoms. The van der Waals surface area contributed by atoms with Crippen LogP contribution in [-0.4, -0.2) is 17.5 Å². The number of hydrogen-bond acceptors (Lipinski definition) is 3. The molecule has 0 atom stereocenters. The minimum atomic E-state index is 0. The molecule has 78 valence electrons. The lowest BCUT2D eigenvalue weighted by Gasteiger charge is -2.05. The Hall–Kier alpha value is -1.06. The lowest BCUT2D eigenvalue weighted by Crippen LogP contribution is -2.07. The summed E-state index contributed by atoms with van der Waals surface area (Å²) in [6.45, 7) is 2.38. The van der Waals surface area contributed by atoms with Gasteiger partial charge in [-0.2, -0.15) is 0 Å². The molecule has 0 heterocycles. The van der Waals surface area contributed by atoms with Gasteiger partial charge in [0.15, 0.2) is 0 Å².